The van der Waals surface area contributed by atoms with Gasteiger partial charge in [-0.15, -0.1) is 11.8 Å². The number of hydrogen-bond acceptors (Lipinski definition) is 6. The van der Waals surface area contributed by atoms with E-state index in [-0.39, 0.29) is 12.3 Å². The van der Waals surface area contributed by atoms with E-state index in [1.165, 1.54) is 11.8 Å². The molecule has 1 aromatic heterocycles. The van der Waals surface area contributed by atoms with Gasteiger partial charge in [0, 0.05) is 10.6 Å². The lowest BCUT2D eigenvalue weighted by Crippen LogP contribution is -2.21. The molecule has 1 heterocycles. The van der Waals surface area contributed by atoms with Crippen LogP contribution in [0.4, 0.5) is 5.69 Å². The maximum absolute atomic E-state index is 12.3. The third-order valence-corrected chi connectivity index (χ3v) is 4.63. The van der Waals surface area contributed by atoms with Crippen molar-refractivity contribution in [2.75, 3.05) is 24.8 Å². The van der Waals surface area contributed by atoms with Crippen LogP contribution in [0.2, 0.25) is 0 Å². The highest BCUT2D eigenvalue weighted by molar-refractivity contribution is 7.98. The minimum absolute atomic E-state index is 0.132. The van der Waals surface area contributed by atoms with Crippen LogP contribution in [-0.4, -0.2) is 42.3 Å². The fourth-order valence-electron chi connectivity index (χ4n) is 2.60. The standard InChI is InChI=1S/C19H22N2O5S/c1-5-25-18(23)16-11(2)17(20-12(16)3)19(24)26-10-15(22)21-13-8-6-7-9-14(13)27-4/h6-9,20H,5,10H2,1-4H3,(H,21,22). The minimum atomic E-state index is -0.709. The Morgan fingerprint density at radius 2 is 1.81 bits per heavy atom. The summed E-state index contributed by atoms with van der Waals surface area (Å²) in [6.07, 6.45) is 1.91. The van der Waals surface area contributed by atoms with E-state index < -0.39 is 24.5 Å². The number of carbonyl (C=O) groups excluding carboxylic acids is 3. The molecule has 0 spiro atoms. The lowest BCUT2D eigenvalue weighted by molar-refractivity contribution is -0.119. The highest BCUT2D eigenvalue weighted by Gasteiger charge is 2.24. The molecule has 0 saturated carbocycles. The van der Waals surface area contributed by atoms with E-state index in [1.807, 2.05) is 24.5 Å². The number of amides is 1. The molecule has 0 atom stereocenters. The molecule has 2 aromatic rings. The molecule has 1 amide bonds. The van der Waals surface area contributed by atoms with Gasteiger partial charge in [0.2, 0.25) is 0 Å². The van der Waals surface area contributed by atoms with E-state index in [9.17, 15) is 14.4 Å². The molecular formula is C19H22N2O5S. The van der Waals surface area contributed by atoms with Gasteiger partial charge < -0.3 is 19.8 Å². The van der Waals surface area contributed by atoms with E-state index in [0.717, 1.165) is 4.90 Å². The van der Waals surface area contributed by atoms with Gasteiger partial charge >= 0.3 is 11.9 Å². The van der Waals surface area contributed by atoms with Crippen molar-refractivity contribution < 1.29 is 23.9 Å². The zero-order valence-corrected chi connectivity index (χ0v) is 16.5. The van der Waals surface area contributed by atoms with Gasteiger partial charge in [-0.05, 0) is 44.7 Å². The highest BCUT2D eigenvalue weighted by atomic mass is 32.2. The molecule has 0 radical (unpaired) electrons. The van der Waals surface area contributed by atoms with E-state index in [4.69, 9.17) is 9.47 Å². The molecule has 0 aliphatic carbocycles. The van der Waals surface area contributed by atoms with Crippen LogP contribution in [0, 0.1) is 13.8 Å². The molecule has 0 aliphatic heterocycles. The summed E-state index contributed by atoms with van der Waals surface area (Å²) in [5.41, 5.74) is 2.04. The fourth-order valence-corrected chi connectivity index (χ4v) is 3.15. The maximum Gasteiger partial charge on any atom is 0.355 e. The molecule has 0 unspecified atom stereocenters. The molecular weight excluding hydrogens is 368 g/mol. The zero-order chi connectivity index (χ0) is 20.0. The summed E-state index contributed by atoms with van der Waals surface area (Å²) in [7, 11) is 0. The van der Waals surface area contributed by atoms with Crippen LogP contribution >= 0.6 is 11.8 Å². The molecule has 0 aliphatic rings. The Morgan fingerprint density at radius 3 is 2.48 bits per heavy atom. The monoisotopic (exact) mass is 390 g/mol. The summed E-state index contributed by atoms with van der Waals surface area (Å²) in [6.45, 7) is 4.80. The first-order chi connectivity index (χ1) is 12.9. The van der Waals surface area contributed by atoms with Crippen LogP contribution in [0.15, 0.2) is 29.2 Å². The summed E-state index contributed by atoms with van der Waals surface area (Å²) in [5.74, 6) is -1.66. The van der Waals surface area contributed by atoms with E-state index in [1.54, 1.807) is 26.8 Å². The number of rotatable bonds is 7. The zero-order valence-electron chi connectivity index (χ0n) is 15.7. The van der Waals surface area contributed by atoms with Crippen molar-refractivity contribution in [3.8, 4) is 0 Å². The molecule has 1 aromatic carbocycles. The highest BCUT2D eigenvalue weighted by Crippen LogP contribution is 2.24. The van der Waals surface area contributed by atoms with E-state index in [0.29, 0.717) is 22.5 Å². The topological polar surface area (TPSA) is 97.5 Å². The largest absolute Gasteiger partial charge is 0.462 e. The number of esters is 2. The van der Waals surface area contributed by atoms with Crippen LogP contribution in [0.1, 0.15) is 39.0 Å². The average Bonchev–Trinajstić information content (AvgIpc) is 2.94. The quantitative estimate of drug-likeness (QED) is 0.556. The van der Waals surface area contributed by atoms with Crippen LogP contribution in [0.3, 0.4) is 0 Å². The van der Waals surface area contributed by atoms with Crippen molar-refractivity contribution in [3.05, 3.63) is 46.8 Å². The van der Waals surface area contributed by atoms with Crippen molar-refractivity contribution in [2.24, 2.45) is 0 Å². The predicted octanol–water partition coefficient (Wildman–Crippen LogP) is 3.33. The Labute approximate surface area is 161 Å². The molecule has 0 bridgehead atoms. The van der Waals surface area contributed by atoms with Crippen molar-refractivity contribution >= 4 is 35.3 Å². The van der Waals surface area contributed by atoms with Crippen LogP contribution < -0.4 is 5.32 Å². The first-order valence-corrected chi connectivity index (χ1v) is 9.57. The molecule has 0 saturated heterocycles. The Bertz CT molecular complexity index is 860. The molecule has 2 rings (SSSR count). The lowest BCUT2D eigenvalue weighted by Gasteiger charge is -2.09. The van der Waals surface area contributed by atoms with Gasteiger partial charge in [0.25, 0.3) is 5.91 Å². The van der Waals surface area contributed by atoms with Crippen molar-refractivity contribution in [2.45, 2.75) is 25.7 Å². The summed E-state index contributed by atoms with van der Waals surface area (Å²) in [4.78, 5) is 40.1. The number of H-pyrrole nitrogens is 1. The average molecular weight is 390 g/mol. The molecule has 27 heavy (non-hydrogen) atoms. The number of para-hydroxylation sites is 1. The van der Waals surface area contributed by atoms with Gasteiger partial charge in [0.15, 0.2) is 6.61 Å². The lowest BCUT2D eigenvalue weighted by atomic mass is 10.1. The Kier molecular flexibility index (Phi) is 7.06. The Hall–Kier alpha value is -2.74. The second-order valence-electron chi connectivity index (χ2n) is 5.67. The fraction of sp³-hybridized carbons (Fsp3) is 0.316. The number of nitrogens with one attached hydrogen (secondary N) is 2. The smallest absolute Gasteiger partial charge is 0.355 e. The van der Waals surface area contributed by atoms with Crippen LogP contribution in [-0.2, 0) is 14.3 Å². The normalized spacial score (nSPS) is 10.4. The number of anilines is 1. The van der Waals surface area contributed by atoms with Crippen molar-refractivity contribution in [1.82, 2.24) is 4.98 Å². The number of thioether (sulfide) groups is 1. The third-order valence-electron chi connectivity index (χ3n) is 3.84. The molecule has 8 heteroatoms. The van der Waals surface area contributed by atoms with Gasteiger partial charge in [-0.2, -0.15) is 0 Å². The van der Waals surface area contributed by atoms with Gasteiger partial charge in [-0.3, -0.25) is 4.79 Å². The van der Waals surface area contributed by atoms with E-state index in [2.05, 4.69) is 10.3 Å². The first kappa shape index (κ1) is 20.6. The number of ether oxygens (including phenoxy) is 2. The van der Waals surface area contributed by atoms with Gasteiger partial charge in [0.1, 0.15) is 5.69 Å². The number of benzene rings is 1. The Morgan fingerprint density at radius 1 is 1.11 bits per heavy atom. The predicted molar refractivity (Wildman–Crippen MR) is 103 cm³/mol. The number of aromatic nitrogens is 1. The summed E-state index contributed by atoms with van der Waals surface area (Å²) in [6, 6.07) is 7.34. The second kappa shape index (κ2) is 9.27. The Balaban J connectivity index is 2.02. The summed E-state index contributed by atoms with van der Waals surface area (Å²) >= 11 is 1.50. The van der Waals surface area contributed by atoms with Crippen LogP contribution in [0.5, 0.6) is 0 Å². The van der Waals surface area contributed by atoms with Crippen molar-refractivity contribution in [3.63, 3.8) is 0 Å². The third kappa shape index (κ3) is 4.91. The minimum Gasteiger partial charge on any atom is -0.462 e. The summed E-state index contributed by atoms with van der Waals surface area (Å²) in [5, 5.41) is 2.71. The molecule has 144 valence electrons. The number of aromatic amines is 1. The van der Waals surface area contributed by atoms with E-state index >= 15 is 0 Å². The van der Waals surface area contributed by atoms with Gasteiger partial charge in [-0.1, -0.05) is 12.1 Å². The van der Waals surface area contributed by atoms with Gasteiger partial charge in [0.05, 0.1) is 17.9 Å². The number of aryl methyl sites for hydroxylation is 1. The second-order valence-corrected chi connectivity index (χ2v) is 6.52. The summed E-state index contributed by atoms with van der Waals surface area (Å²) < 4.78 is 10.1. The number of hydrogen-bond donors (Lipinski definition) is 2. The van der Waals surface area contributed by atoms with Crippen LogP contribution in [0.25, 0.3) is 0 Å². The molecule has 0 fully saturated rings. The number of carbonyl (C=O) groups is 3. The molecule has 7 nitrogen and oxygen atoms in total. The van der Waals surface area contributed by atoms with Crippen molar-refractivity contribution in [1.29, 1.82) is 0 Å². The SMILES string of the molecule is CCOC(=O)c1c(C)[nH]c(C(=O)OCC(=O)Nc2ccccc2SC)c1C. The maximum atomic E-state index is 12.3. The molecule has 2 N–H and O–H groups in total. The van der Waals surface area contributed by atoms with Gasteiger partial charge in [-0.25, -0.2) is 9.59 Å². The first-order valence-electron chi connectivity index (χ1n) is 8.35.